The van der Waals surface area contributed by atoms with Gasteiger partial charge in [0.2, 0.25) is 11.8 Å². The molecule has 0 saturated heterocycles. The Balaban J connectivity index is 1.20. The van der Waals surface area contributed by atoms with Gasteiger partial charge in [0.05, 0.1) is 0 Å². The first-order chi connectivity index (χ1) is 17.4. The lowest BCUT2D eigenvalue weighted by molar-refractivity contribution is -0.115. The third kappa shape index (κ3) is 5.54. The lowest BCUT2D eigenvalue weighted by Crippen LogP contribution is -2.32. The molecule has 6 nitrogen and oxygen atoms in total. The van der Waals surface area contributed by atoms with E-state index in [9.17, 15) is 4.79 Å². The number of aryl methyl sites for hydroxylation is 1. The van der Waals surface area contributed by atoms with E-state index >= 15 is 0 Å². The third-order valence-corrected chi connectivity index (χ3v) is 5.76. The van der Waals surface area contributed by atoms with Crippen LogP contribution < -0.4 is 10.6 Å². The van der Waals surface area contributed by atoms with Gasteiger partial charge in [-0.3, -0.25) is 10.1 Å². The number of oxazole rings is 1. The molecule has 5 rings (SSSR count). The number of fused-ring (bicyclic) bond motifs is 1. The first-order valence-corrected chi connectivity index (χ1v) is 11.8. The molecule has 0 bridgehead atoms. The van der Waals surface area contributed by atoms with Crippen LogP contribution in [0.25, 0.3) is 40.0 Å². The van der Waals surface area contributed by atoms with E-state index in [1.54, 1.807) is 24.3 Å². The summed E-state index contributed by atoms with van der Waals surface area (Å²) >= 11 is 11.2. The molecule has 2 heterocycles. The number of hydrogen-bond donors (Lipinski definition) is 2. The SMILES string of the molecule is Cc1cccc(-c2nc3cc(NC(=S)NC(=O)C=Cc4ccc(-c5ccc(Cl)cc5)o4)ccc3o2)c1. The molecule has 0 saturated carbocycles. The fourth-order valence-corrected chi connectivity index (χ4v) is 3.94. The molecule has 3 aromatic carbocycles. The van der Waals surface area contributed by atoms with Crippen molar-refractivity contribution in [1.29, 1.82) is 0 Å². The van der Waals surface area contributed by atoms with Gasteiger partial charge in [-0.05, 0) is 91.9 Å². The van der Waals surface area contributed by atoms with Crippen LogP contribution in [0.4, 0.5) is 5.69 Å². The molecule has 5 aromatic rings. The van der Waals surface area contributed by atoms with Gasteiger partial charge in [0.1, 0.15) is 17.0 Å². The predicted molar refractivity (Wildman–Crippen MR) is 147 cm³/mol. The maximum atomic E-state index is 12.3. The second-order valence-corrected chi connectivity index (χ2v) is 8.90. The molecule has 36 heavy (non-hydrogen) atoms. The number of hydrogen-bond acceptors (Lipinski definition) is 5. The van der Waals surface area contributed by atoms with Gasteiger partial charge in [-0.1, -0.05) is 29.3 Å². The summed E-state index contributed by atoms with van der Waals surface area (Å²) in [5.41, 5.74) is 4.95. The minimum absolute atomic E-state index is 0.160. The van der Waals surface area contributed by atoms with Crippen LogP contribution in [0.3, 0.4) is 0 Å². The zero-order valence-electron chi connectivity index (χ0n) is 19.1. The minimum Gasteiger partial charge on any atom is -0.457 e. The molecule has 0 atom stereocenters. The van der Waals surface area contributed by atoms with E-state index in [1.807, 2.05) is 67.6 Å². The Morgan fingerprint density at radius 1 is 0.972 bits per heavy atom. The third-order valence-electron chi connectivity index (χ3n) is 5.30. The number of benzene rings is 3. The van der Waals surface area contributed by atoms with Crippen LogP contribution in [-0.2, 0) is 4.79 Å². The standard InChI is InChI=1S/C28H20ClN3O3S/c1-17-3-2-4-19(15-17)27-31-23-16-21(9-12-25(23)35-27)30-28(36)32-26(33)14-11-22-10-13-24(34-22)18-5-7-20(29)8-6-18/h2-16H,1H3,(H2,30,32,33,36). The van der Waals surface area contributed by atoms with Crippen LogP contribution in [0.5, 0.6) is 0 Å². The van der Waals surface area contributed by atoms with E-state index < -0.39 is 0 Å². The number of amides is 1. The number of furan rings is 1. The number of thiocarbonyl (C=S) groups is 1. The Labute approximate surface area is 217 Å². The van der Waals surface area contributed by atoms with Crippen molar-refractivity contribution >= 4 is 57.7 Å². The molecule has 0 fully saturated rings. The van der Waals surface area contributed by atoms with Crippen LogP contribution in [0.2, 0.25) is 5.02 Å². The number of carbonyl (C=O) groups is 1. The molecule has 1 amide bonds. The molecule has 0 aliphatic rings. The van der Waals surface area contributed by atoms with Crippen LogP contribution >= 0.6 is 23.8 Å². The summed E-state index contributed by atoms with van der Waals surface area (Å²) in [6.07, 6.45) is 2.93. The van der Waals surface area contributed by atoms with Crippen LogP contribution in [0.15, 0.2) is 93.8 Å². The van der Waals surface area contributed by atoms with Gasteiger partial charge in [-0.25, -0.2) is 4.98 Å². The summed E-state index contributed by atoms with van der Waals surface area (Å²) in [6, 6.07) is 24.3. The lowest BCUT2D eigenvalue weighted by Gasteiger charge is -2.07. The highest BCUT2D eigenvalue weighted by atomic mass is 35.5. The molecule has 0 aliphatic heterocycles. The summed E-state index contributed by atoms with van der Waals surface area (Å²) in [5, 5.41) is 6.44. The number of nitrogens with one attached hydrogen (secondary N) is 2. The number of carbonyl (C=O) groups excluding carboxylic acids is 1. The van der Waals surface area contributed by atoms with E-state index in [0.717, 1.165) is 16.7 Å². The van der Waals surface area contributed by atoms with Crippen molar-refractivity contribution in [3.8, 4) is 22.8 Å². The van der Waals surface area contributed by atoms with Crippen LogP contribution in [-0.4, -0.2) is 16.0 Å². The van der Waals surface area contributed by atoms with E-state index in [-0.39, 0.29) is 11.0 Å². The molecule has 0 unspecified atom stereocenters. The number of aromatic nitrogens is 1. The summed E-state index contributed by atoms with van der Waals surface area (Å²) in [6.45, 7) is 2.02. The molecule has 0 spiro atoms. The molecule has 178 valence electrons. The highest BCUT2D eigenvalue weighted by Gasteiger charge is 2.10. The van der Waals surface area contributed by atoms with Gasteiger partial charge < -0.3 is 14.2 Å². The zero-order chi connectivity index (χ0) is 25.1. The summed E-state index contributed by atoms with van der Waals surface area (Å²) in [7, 11) is 0. The van der Waals surface area contributed by atoms with Crippen molar-refractivity contribution in [2.45, 2.75) is 6.92 Å². The van der Waals surface area contributed by atoms with Crippen molar-refractivity contribution in [2.24, 2.45) is 0 Å². The smallest absolute Gasteiger partial charge is 0.250 e. The number of rotatable bonds is 5. The molecule has 2 aromatic heterocycles. The summed E-state index contributed by atoms with van der Waals surface area (Å²) in [5.74, 6) is 1.37. The maximum Gasteiger partial charge on any atom is 0.250 e. The number of anilines is 1. The Morgan fingerprint density at radius 2 is 1.81 bits per heavy atom. The average molecular weight is 514 g/mol. The summed E-state index contributed by atoms with van der Waals surface area (Å²) < 4.78 is 11.6. The van der Waals surface area contributed by atoms with Crippen molar-refractivity contribution in [1.82, 2.24) is 10.3 Å². The molecule has 8 heteroatoms. The monoisotopic (exact) mass is 513 g/mol. The van der Waals surface area contributed by atoms with Gasteiger partial charge in [0.15, 0.2) is 10.7 Å². The maximum absolute atomic E-state index is 12.3. The zero-order valence-corrected chi connectivity index (χ0v) is 20.7. The Bertz CT molecular complexity index is 1600. The fourth-order valence-electron chi connectivity index (χ4n) is 3.59. The minimum atomic E-state index is -0.388. The van der Waals surface area contributed by atoms with Crippen LogP contribution in [0, 0.1) is 6.92 Å². The van der Waals surface area contributed by atoms with E-state index in [1.165, 1.54) is 6.08 Å². The molecule has 2 N–H and O–H groups in total. The van der Waals surface area contributed by atoms with Crippen molar-refractivity contribution < 1.29 is 13.6 Å². The second kappa shape index (κ2) is 10.2. The second-order valence-electron chi connectivity index (χ2n) is 8.06. The van der Waals surface area contributed by atoms with Gasteiger partial charge in [0.25, 0.3) is 0 Å². The Morgan fingerprint density at radius 3 is 2.61 bits per heavy atom. The molecule has 0 aliphatic carbocycles. The van der Waals surface area contributed by atoms with Gasteiger partial charge >= 0.3 is 0 Å². The van der Waals surface area contributed by atoms with Crippen molar-refractivity contribution in [3.05, 3.63) is 101 Å². The highest BCUT2D eigenvalue weighted by molar-refractivity contribution is 7.80. The van der Waals surface area contributed by atoms with Gasteiger partial charge in [-0.2, -0.15) is 0 Å². The quantitative estimate of drug-likeness (QED) is 0.190. The molecular formula is C28H20ClN3O3S. The van der Waals surface area contributed by atoms with Gasteiger partial charge in [-0.15, -0.1) is 0 Å². The fraction of sp³-hybridized carbons (Fsp3) is 0.0357. The average Bonchev–Trinajstić information content (AvgIpc) is 3.50. The Hall–Kier alpha value is -4.20. The van der Waals surface area contributed by atoms with Gasteiger partial charge in [0, 0.05) is 27.9 Å². The van der Waals surface area contributed by atoms with E-state index in [4.69, 9.17) is 32.7 Å². The number of halogens is 1. The lowest BCUT2D eigenvalue weighted by atomic mass is 10.1. The molecule has 0 radical (unpaired) electrons. The predicted octanol–water partition coefficient (Wildman–Crippen LogP) is 7.24. The normalized spacial score (nSPS) is 11.2. The van der Waals surface area contributed by atoms with Crippen molar-refractivity contribution in [2.75, 3.05) is 5.32 Å². The van der Waals surface area contributed by atoms with E-state index in [0.29, 0.717) is 39.2 Å². The molecular weight excluding hydrogens is 494 g/mol. The highest BCUT2D eigenvalue weighted by Crippen LogP contribution is 2.27. The Kier molecular flexibility index (Phi) is 6.66. The topological polar surface area (TPSA) is 80.3 Å². The summed E-state index contributed by atoms with van der Waals surface area (Å²) in [4.78, 5) is 16.9. The first kappa shape index (κ1) is 23.5. The first-order valence-electron chi connectivity index (χ1n) is 11.1. The van der Waals surface area contributed by atoms with Crippen molar-refractivity contribution in [3.63, 3.8) is 0 Å². The largest absolute Gasteiger partial charge is 0.457 e. The van der Waals surface area contributed by atoms with E-state index in [2.05, 4.69) is 15.6 Å². The van der Waals surface area contributed by atoms with Crippen LogP contribution in [0.1, 0.15) is 11.3 Å². The number of nitrogens with zero attached hydrogens (tertiary/aromatic N) is 1.